The van der Waals surface area contributed by atoms with Crippen molar-refractivity contribution in [2.45, 2.75) is 45.4 Å². The van der Waals surface area contributed by atoms with Crippen molar-refractivity contribution in [1.29, 1.82) is 0 Å². The summed E-state index contributed by atoms with van der Waals surface area (Å²) >= 11 is 0. The Labute approximate surface area is 115 Å². The quantitative estimate of drug-likeness (QED) is 0.478. The van der Waals surface area contributed by atoms with Gasteiger partial charge in [0.1, 0.15) is 0 Å². The van der Waals surface area contributed by atoms with Crippen molar-refractivity contribution >= 4 is 12.9 Å². The van der Waals surface area contributed by atoms with Crippen molar-refractivity contribution < 1.29 is 14.4 Å². The first kappa shape index (κ1) is 16.0. The van der Waals surface area contributed by atoms with Gasteiger partial charge in [0.05, 0.1) is 5.30 Å². The normalized spacial score (nSPS) is 10.9. The number of hydrogen-bond acceptors (Lipinski definition) is 1. The van der Waals surface area contributed by atoms with Crippen LogP contribution in [0.4, 0.5) is 0 Å². The Morgan fingerprint density at radius 1 is 1.05 bits per heavy atom. The molecule has 1 aromatic carbocycles. The van der Waals surface area contributed by atoms with Crippen LogP contribution in [0.25, 0.3) is 0 Å². The van der Waals surface area contributed by atoms with E-state index in [0.29, 0.717) is 0 Å². The van der Waals surface area contributed by atoms with Gasteiger partial charge in [-0.3, -0.25) is 4.57 Å². The van der Waals surface area contributed by atoms with Gasteiger partial charge in [-0.1, -0.05) is 44.4 Å². The molecule has 4 heteroatoms. The molecule has 0 unspecified atom stereocenters. The number of rotatable bonds is 6. The second kappa shape index (κ2) is 8.17. The topological polar surface area (TPSA) is 57.5 Å². The molecule has 1 aromatic rings. The van der Waals surface area contributed by atoms with Gasteiger partial charge in [-0.15, -0.1) is 0 Å². The molecule has 0 amide bonds. The number of hydrogen-bond donors (Lipinski definition) is 2. The minimum Gasteiger partial charge on any atom is -0.321 e. The standard InChI is InChI=1S/C15H21O3P/c1-2-3-4-5-6-7-8-9-14-10-12-15(13-11-14)19(16,17)18/h10-13H,2-7H2,1H3,(H2,16,17,18). The van der Waals surface area contributed by atoms with Crippen molar-refractivity contribution in [2.24, 2.45) is 0 Å². The molecule has 0 heterocycles. The molecule has 0 radical (unpaired) electrons. The van der Waals surface area contributed by atoms with Crippen LogP contribution in [0.5, 0.6) is 0 Å². The average molecular weight is 280 g/mol. The van der Waals surface area contributed by atoms with Gasteiger partial charge in [0.2, 0.25) is 0 Å². The Kier molecular flexibility index (Phi) is 6.87. The summed E-state index contributed by atoms with van der Waals surface area (Å²) in [4.78, 5) is 17.9. The summed E-state index contributed by atoms with van der Waals surface area (Å²) in [6.45, 7) is 2.20. The minimum atomic E-state index is -4.13. The van der Waals surface area contributed by atoms with E-state index >= 15 is 0 Å². The van der Waals surface area contributed by atoms with Gasteiger partial charge in [-0.2, -0.15) is 0 Å². The van der Waals surface area contributed by atoms with Crippen molar-refractivity contribution in [3.05, 3.63) is 29.8 Å². The maximum atomic E-state index is 11.0. The minimum absolute atomic E-state index is 0.0395. The molecule has 0 aliphatic rings. The lowest BCUT2D eigenvalue weighted by atomic mass is 10.1. The molecule has 2 N–H and O–H groups in total. The smallest absolute Gasteiger partial charge is 0.321 e. The van der Waals surface area contributed by atoms with Crippen molar-refractivity contribution in [1.82, 2.24) is 0 Å². The lowest BCUT2D eigenvalue weighted by Crippen LogP contribution is -2.02. The van der Waals surface area contributed by atoms with Crippen LogP contribution in [0.3, 0.4) is 0 Å². The maximum absolute atomic E-state index is 11.0. The highest BCUT2D eigenvalue weighted by Gasteiger charge is 2.15. The maximum Gasteiger partial charge on any atom is 0.356 e. The van der Waals surface area contributed by atoms with Crippen molar-refractivity contribution in [2.75, 3.05) is 0 Å². The van der Waals surface area contributed by atoms with Crippen LogP contribution in [0.2, 0.25) is 0 Å². The third-order valence-corrected chi connectivity index (χ3v) is 3.81. The van der Waals surface area contributed by atoms with E-state index in [4.69, 9.17) is 9.79 Å². The predicted octanol–water partition coefficient (Wildman–Crippen LogP) is 3.20. The van der Waals surface area contributed by atoms with E-state index < -0.39 is 7.60 Å². The molecule has 0 aromatic heterocycles. The Balaban J connectivity index is 2.40. The van der Waals surface area contributed by atoms with E-state index in [9.17, 15) is 4.57 Å². The lowest BCUT2D eigenvalue weighted by molar-refractivity contribution is 0.387. The highest BCUT2D eigenvalue weighted by atomic mass is 31.2. The molecule has 0 saturated carbocycles. The molecule has 1 rings (SSSR count). The molecular formula is C15H21O3P. The Morgan fingerprint density at radius 2 is 1.68 bits per heavy atom. The Hall–Kier alpha value is -1.07. The van der Waals surface area contributed by atoms with E-state index in [1.165, 1.54) is 37.8 Å². The van der Waals surface area contributed by atoms with Gasteiger partial charge in [-0.05, 0) is 30.7 Å². The first-order chi connectivity index (χ1) is 9.04. The van der Waals surface area contributed by atoms with Crippen LogP contribution in [0.1, 0.15) is 51.0 Å². The highest BCUT2D eigenvalue weighted by molar-refractivity contribution is 7.60. The second-order valence-corrected chi connectivity index (χ2v) is 6.16. The summed E-state index contributed by atoms with van der Waals surface area (Å²) in [6, 6.07) is 6.18. The van der Waals surface area contributed by atoms with Gasteiger partial charge < -0.3 is 9.79 Å². The van der Waals surface area contributed by atoms with E-state index in [1.807, 2.05) is 0 Å². The summed E-state index contributed by atoms with van der Waals surface area (Å²) < 4.78 is 11.0. The summed E-state index contributed by atoms with van der Waals surface area (Å²) in [5, 5.41) is 0.0395. The van der Waals surface area contributed by atoms with Crippen LogP contribution in [0.15, 0.2) is 24.3 Å². The number of unbranched alkanes of at least 4 members (excludes halogenated alkanes) is 5. The zero-order valence-electron chi connectivity index (χ0n) is 11.3. The molecule has 0 fully saturated rings. The third kappa shape index (κ3) is 6.59. The van der Waals surface area contributed by atoms with Crippen LogP contribution < -0.4 is 5.30 Å². The zero-order valence-corrected chi connectivity index (χ0v) is 12.2. The molecule has 19 heavy (non-hydrogen) atoms. The van der Waals surface area contributed by atoms with Crippen molar-refractivity contribution in [3.63, 3.8) is 0 Å². The van der Waals surface area contributed by atoms with Crippen LogP contribution in [0, 0.1) is 11.8 Å². The Bertz CT molecular complexity index is 476. The molecule has 0 aliphatic heterocycles. The molecular weight excluding hydrogens is 259 g/mol. The largest absolute Gasteiger partial charge is 0.356 e. The van der Waals surface area contributed by atoms with E-state index in [0.717, 1.165) is 18.4 Å². The molecule has 3 nitrogen and oxygen atoms in total. The fourth-order valence-electron chi connectivity index (χ4n) is 1.72. The summed E-state index contributed by atoms with van der Waals surface area (Å²) in [6.07, 6.45) is 7.03. The predicted molar refractivity (Wildman–Crippen MR) is 78.4 cm³/mol. The molecule has 0 saturated heterocycles. The molecule has 104 valence electrons. The van der Waals surface area contributed by atoms with Crippen LogP contribution in [-0.2, 0) is 4.57 Å². The zero-order chi connectivity index (χ0) is 14.1. The Morgan fingerprint density at radius 3 is 2.26 bits per heavy atom. The van der Waals surface area contributed by atoms with E-state index in [1.54, 1.807) is 12.1 Å². The SMILES string of the molecule is CCCCCCCC#Cc1ccc(P(=O)(O)O)cc1. The third-order valence-electron chi connectivity index (χ3n) is 2.84. The summed E-state index contributed by atoms with van der Waals surface area (Å²) in [7, 11) is -4.13. The molecule has 0 spiro atoms. The van der Waals surface area contributed by atoms with Gasteiger partial charge >= 0.3 is 7.60 Å². The monoisotopic (exact) mass is 280 g/mol. The van der Waals surface area contributed by atoms with E-state index in [-0.39, 0.29) is 5.30 Å². The second-order valence-electron chi connectivity index (χ2n) is 4.56. The fraction of sp³-hybridized carbons (Fsp3) is 0.467. The van der Waals surface area contributed by atoms with Gasteiger partial charge in [0, 0.05) is 12.0 Å². The first-order valence-corrected chi connectivity index (χ1v) is 8.30. The summed E-state index contributed by atoms with van der Waals surface area (Å²) in [5.41, 5.74) is 0.797. The van der Waals surface area contributed by atoms with Gasteiger partial charge in [0.25, 0.3) is 0 Å². The number of benzene rings is 1. The fourth-order valence-corrected chi connectivity index (χ4v) is 2.26. The first-order valence-electron chi connectivity index (χ1n) is 6.69. The molecule has 0 bridgehead atoms. The summed E-state index contributed by atoms with van der Waals surface area (Å²) in [5.74, 6) is 6.10. The molecule has 0 atom stereocenters. The van der Waals surface area contributed by atoms with Gasteiger partial charge in [-0.25, -0.2) is 0 Å². The molecule has 0 aliphatic carbocycles. The van der Waals surface area contributed by atoms with Crippen LogP contribution >= 0.6 is 7.60 Å². The highest BCUT2D eigenvalue weighted by Crippen LogP contribution is 2.32. The van der Waals surface area contributed by atoms with Crippen molar-refractivity contribution in [3.8, 4) is 11.8 Å². The van der Waals surface area contributed by atoms with Gasteiger partial charge in [0.15, 0.2) is 0 Å². The lowest BCUT2D eigenvalue weighted by Gasteiger charge is -2.02. The average Bonchev–Trinajstić information content (AvgIpc) is 2.37. The van der Waals surface area contributed by atoms with E-state index in [2.05, 4.69) is 18.8 Å². The van der Waals surface area contributed by atoms with Crippen LogP contribution in [-0.4, -0.2) is 9.79 Å².